The average molecular weight is 242 g/mol. The Morgan fingerprint density at radius 1 is 0.941 bits per heavy atom. The predicted molar refractivity (Wildman–Crippen MR) is 77.1 cm³/mol. The third-order valence-corrected chi connectivity index (χ3v) is 5.49. The molecule has 0 aliphatic carbocycles. The second-order valence-corrected chi connectivity index (χ2v) is 6.72. The first-order valence-corrected chi connectivity index (χ1v) is 7.37. The zero-order valence-corrected chi connectivity index (χ0v) is 13.1. The molecular weight excluding hydrogens is 208 g/mol. The van der Waals surface area contributed by atoms with Gasteiger partial charge in [0.05, 0.1) is 0 Å². The number of aliphatic hydroxyl groups is 1. The minimum atomic E-state index is 0.333. The molecular formula is C16H34O. The molecule has 0 aliphatic heterocycles. The molecule has 1 atom stereocenters. The van der Waals surface area contributed by atoms with Crippen LogP contribution in [-0.4, -0.2) is 11.7 Å². The van der Waals surface area contributed by atoms with Crippen molar-refractivity contribution >= 4 is 0 Å². The monoisotopic (exact) mass is 242 g/mol. The molecule has 1 unspecified atom stereocenters. The molecule has 0 bridgehead atoms. The maximum Gasteiger partial charge on any atom is 0.0431 e. The summed E-state index contributed by atoms with van der Waals surface area (Å²) in [6.45, 7) is 17.0. The summed E-state index contributed by atoms with van der Waals surface area (Å²) < 4.78 is 0. The van der Waals surface area contributed by atoms with Gasteiger partial charge in [-0.05, 0) is 41.9 Å². The van der Waals surface area contributed by atoms with Gasteiger partial charge in [-0.2, -0.15) is 0 Å². The van der Waals surface area contributed by atoms with Crippen molar-refractivity contribution < 1.29 is 5.11 Å². The highest BCUT2D eigenvalue weighted by Crippen LogP contribution is 2.54. The van der Waals surface area contributed by atoms with E-state index in [9.17, 15) is 0 Å². The average Bonchev–Trinajstić information content (AvgIpc) is 2.23. The highest BCUT2D eigenvalue weighted by molar-refractivity contribution is 4.95. The van der Waals surface area contributed by atoms with Gasteiger partial charge in [-0.3, -0.25) is 0 Å². The van der Waals surface area contributed by atoms with E-state index in [2.05, 4.69) is 48.5 Å². The Kier molecular flexibility index (Phi) is 6.76. The third kappa shape index (κ3) is 3.47. The molecule has 17 heavy (non-hydrogen) atoms. The molecule has 1 N–H and O–H groups in total. The SMILES string of the molecule is CCC(CCCCO)(C(C)C)C(C)(C)C(C)C. The normalized spacial score (nSPS) is 16.6. The lowest BCUT2D eigenvalue weighted by atomic mass is 9.52. The van der Waals surface area contributed by atoms with Crippen LogP contribution in [0.3, 0.4) is 0 Å². The second kappa shape index (κ2) is 6.78. The van der Waals surface area contributed by atoms with E-state index in [0.29, 0.717) is 29.3 Å². The van der Waals surface area contributed by atoms with Crippen LogP contribution in [0.15, 0.2) is 0 Å². The van der Waals surface area contributed by atoms with Crippen LogP contribution < -0.4 is 0 Å². The van der Waals surface area contributed by atoms with Gasteiger partial charge >= 0.3 is 0 Å². The van der Waals surface area contributed by atoms with Crippen LogP contribution in [0.1, 0.15) is 74.1 Å². The molecule has 0 radical (unpaired) electrons. The zero-order chi connectivity index (χ0) is 13.7. The van der Waals surface area contributed by atoms with Crippen molar-refractivity contribution in [2.45, 2.75) is 74.1 Å². The Morgan fingerprint density at radius 3 is 1.76 bits per heavy atom. The van der Waals surface area contributed by atoms with Gasteiger partial charge in [0.2, 0.25) is 0 Å². The Morgan fingerprint density at radius 2 is 1.47 bits per heavy atom. The van der Waals surface area contributed by atoms with Crippen LogP contribution in [0.25, 0.3) is 0 Å². The number of hydrogen-bond donors (Lipinski definition) is 1. The van der Waals surface area contributed by atoms with Crippen LogP contribution in [0.4, 0.5) is 0 Å². The van der Waals surface area contributed by atoms with Gasteiger partial charge in [0.25, 0.3) is 0 Å². The molecule has 0 aromatic heterocycles. The van der Waals surface area contributed by atoms with E-state index < -0.39 is 0 Å². The molecule has 0 amide bonds. The fourth-order valence-electron chi connectivity index (χ4n) is 3.52. The quantitative estimate of drug-likeness (QED) is 0.601. The standard InChI is InChI=1S/C16H34O/c1-8-16(14(4)5,11-9-10-12-17)15(6,7)13(2)3/h13-14,17H,8-12H2,1-7H3. The van der Waals surface area contributed by atoms with Crippen molar-refractivity contribution in [2.75, 3.05) is 6.61 Å². The molecule has 0 aromatic carbocycles. The van der Waals surface area contributed by atoms with Crippen molar-refractivity contribution in [1.29, 1.82) is 0 Å². The Hall–Kier alpha value is -0.0400. The van der Waals surface area contributed by atoms with Crippen molar-refractivity contribution in [3.05, 3.63) is 0 Å². The smallest absolute Gasteiger partial charge is 0.0431 e. The van der Waals surface area contributed by atoms with Crippen LogP contribution >= 0.6 is 0 Å². The van der Waals surface area contributed by atoms with Crippen LogP contribution in [-0.2, 0) is 0 Å². The van der Waals surface area contributed by atoms with Crippen molar-refractivity contribution in [3.63, 3.8) is 0 Å². The molecule has 0 saturated carbocycles. The van der Waals surface area contributed by atoms with Gasteiger partial charge in [0.15, 0.2) is 0 Å². The van der Waals surface area contributed by atoms with E-state index in [0.717, 1.165) is 12.8 Å². The second-order valence-electron chi connectivity index (χ2n) is 6.72. The fraction of sp³-hybridized carbons (Fsp3) is 1.00. The van der Waals surface area contributed by atoms with E-state index in [4.69, 9.17) is 5.11 Å². The first-order valence-electron chi connectivity index (χ1n) is 7.37. The van der Waals surface area contributed by atoms with Crippen molar-refractivity contribution in [1.82, 2.24) is 0 Å². The third-order valence-electron chi connectivity index (χ3n) is 5.49. The van der Waals surface area contributed by atoms with Crippen molar-refractivity contribution in [2.24, 2.45) is 22.7 Å². The molecule has 1 heteroatoms. The summed E-state index contributed by atoms with van der Waals surface area (Å²) >= 11 is 0. The van der Waals surface area contributed by atoms with E-state index in [1.165, 1.54) is 12.8 Å². The fourth-order valence-corrected chi connectivity index (χ4v) is 3.52. The number of aliphatic hydroxyl groups excluding tert-OH is 1. The Bertz CT molecular complexity index is 206. The predicted octanol–water partition coefficient (Wildman–Crippen LogP) is 4.88. The first kappa shape index (κ1) is 17.0. The summed E-state index contributed by atoms with van der Waals surface area (Å²) in [7, 11) is 0. The van der Waals surface area contributed by atoms with Gasteiger partial charge < -0.3 is 5.11 Å². The first-order chi connectivity index (χ1) is 7.76. The molecule has 0 aromatic rings. The lowest BCUT2D eigenvalue weighted by Crippen LogP contribution is -2.45. The van der Waals surface area contributed by atoms with Crippen LogP contribution in [0.5, 0.6) is 0 Å². The molecule has 0 spiro atoms. The van der Waals surface area contributed by atoms with Gasteiger partial charge in [-0.1, -0.05) is 54.9 Å². The maximum atomic E-state index is 8.99. The maximum absolute atomic E-state index is 8.99. The Labute approximate surface area is 109 Å². The zero-order valence-electron chi connectivity index (χ0n) is 13.1. The minimum Gasteiger partial charge on any atom is -0.396 e. The summed E-state index contributed by atoms with van der Waals surface area (Å²) in [4.78, 5) is 0. The highest BCUT2D eigenvalue weighted by atomic mass is 16.2. The number of hydrogen-bond acceptors (Lipinski definition) is 1. The molecule has 0 heterocycles. The lowest BCUT2D eigenvalue weighted by Gasteiger charge is -2.52. The molecule has 0 aliphatic rings. The van der Waals surface area contributed by atoms with Gasteiger partial charge in [-0.25, -0.2) is 0 Å². The Balaban J connectivity index is 5.07. The number of rotatable bonds is 8. The van der Waals surface area contributed by atoms with E-state index in [1.54, 1.807) is 0 Å². The summed E-state index contributed by atoms with van der Waals surface area (Å²) in [6.07, 6.45) is 4.58. The molecule has 1 nitrogen and oxygen atoms in total. The molecule has 104 valence electrons. The van der Waals surface area contributed by atoms with Gasteiger partial charge in [0, 0.05) is 6.61 Å². The number of unbranched alkanes of at least 4 members (excludes halogenated alkanes) is 1. The summed E-state index contributed by atoms with van der Waals surface area (Å²) in [5, 5.41) is 8.99. The summed E-state index contributed by atoms with van der Waals surface area (Å²) in [5.74, 6) is 1.39. The lowest BCUT2D eigenvalue weighted by molar-refractivity contribution is -0.0350. The van der Waals surface area contributed by atoms with Crippen LogP contribution in [0.2, 0.25) is 0 Å². The van der Waals surface area contributed by atoms with Crippen LogP contribution in [0, 0.1) is 22.7 Å². The summed E-state index contributed by atoms with van der Waals surface area (Å²) in [6, 6.07) is 0. The van der Waals surface area contributed by atoms with Gasteiger partial charge in [-0.15, -0.1) is 0 Å². The highest BCUT2D eigenvalue weighted by Gasteiger charge is 2.46. The summed E-state index contributed by atoms with van der Waals surface area (Å²) in [5.41, 5.74) is 0.752. The van der Waals surface area contributed by atoms with E-state index in [-0.39, 0.29) is 0 Å². The molecule has 0 rings (SSSR count). The van der Waals surface area contributed by atoms with E-state index in [1.807, 2.05) is 0 Å². The molecule has 0 fully saturated rings. The van der Waals surface area contributed by atoms with Crippen molar-refractivity contribution in [3.8, 4) is 0 Å². The largest absolute Gasteiger partial charge is 0.396 e. The topological polar surface area (TPSA) is 20.2 Å². The van der Waals surface area contributed by atoms with Gasteiger partial charge in [0.1, 0.15) is 0 Å². The minimum absolute atomic E-state index is 0.333. The van der Waals surface area contributed by atoms with E-state index >= 15 is 0 Å². The molecule has 0 saturated heterocycles.